The molecule has 1 heterocycles. The number of aryl methyl sites for hydroxylation is 1. The Morgan fingerprint density at radius 2 is 2.25 bits per heavy atom. The molecule has 114 valence electrons. The van der Waals surface area contributed by atoms with E-state index >= 15 is 0 Å². The molecule has 1 N–H and O–H groups in total. The Labute approximate surface area is 129 Å². The van der Waals surface area contributed by atoms with Gasteiger partial charge in [-0.2, -0.15) is 0 Å². The number of carbonyl (C=O) groups excluding carboxylic acids is 1. The highest BCUT2D eigenvalue weighted by molar-refractivity contribution is 7.13. The first kappa shape index (κ1) is 17.5. The monoisotopic (exact) mass is 318 g/mol. The summed E-state index contributed by atoms with van der Waals surface area (Å²) in [6, 6.07) is 3.81. The summed E-state index contributed by atoms with van der Waals surface area (Å²) in [6.07, 6.45) is 5.37. The minimum absolute atomic E-state index is 0.234. The van der Waals surface area contributed by atoms with Gasteiger partial charge < -0.3 is 9.84 Å². The first-order valence-electron chi connectivity index (χ1n) is 7.02. The Morgan fingerprint density at radius 3 is 2.70 bits per heavy atom. The van der Waals surface area contributed by atoms with Crippen molar-refractivity contribution in [2.45, 2.75) is 44.4 Å². The second kappa shape index (κ2) is 9.37. The van der Waals surface area contributed by atoms with Crippen LogP contribution in [0.25, 0.3) is 0 Å². The van der Waals surface area contributed by atoms with E-state index in [1.165, 1.54) is 23.3 Å². The van der Waals surface area contributed by atoms with Crippen molar-refractivity contribution in [1.29, 1.82) is 0 Å². The third kappa shape index (κ3) is 5.81. The molecular formula is C15H23ClO3S. The van der Waals surface area contributed by atoms with Crippen molar-refractivity contribution in [3.8, 4) is 0 Å². The van der Waals surface area contributed by atoms with Gasteiger partial charge in [0.1, 0.15) is 4.88 Å². The van der Waals surface area contributed by atoms with Crippen LogP contribution in [0.5, 0.6) is 0 Å². The molecule has 2 rings (SSSR count). The highest BCUT2D eigenvalue weighted by atomic mass is 35.5. The van der Waals surface area contributed by atoms with Gasteiger partial charge in [0.05, 0.1) is 7.11 Å². The zero-order valence-electron chi connectivity index (χ0n) is 12.1. The number of thiophene rings is 1. The maximum absolute atomic E-state index is 11.0. The fraction of sp³-hybridized carbons (Fsp3) is 0.667. The van der Waals surface area contributed by atoms with Crippen molar-refractivity contribution >= 4 is 28.9 Å². The molecule has 0 spiro atoms. The Kier molecular flexibility index (Phi) is 8.19. The molecule has 1 aliphatic rings. The fourth-order valence-corrected chi connectivity index (χ4v) is 3.55. The van der Waals surface area contributed by atoms with Gasteiger partial charge in [-0.1, -0.05) is 13.3 Å². The molecule has 0 aromatic carbocycles. The summed E-state index contributed by atoms with van der Waals surface area (Å²) in [7, 11) is 1.40. The van der Waals surface area contributed by atoms with Crippen LogP contribution in [-0.4, -0.2) is 30.2 Å². The van der Waals surface area contributed by atoms with Crippen LogP contribution in [0, 0.1) is 5.92 Å². The number of carbonyl (C=O) groups is 1. The summed E-state index contributed by atoms with van der Waals surface area (Å²) in [5.74, 6) is 0.264. The highest BCUT2D eigenvalue weighted by Gasteiger charge is 2.21. The Morgan fingerprint density at radius 1 is 1.50 bits per heavy atom. The molecule has 20 heavy (non-hydrogen) atoms. The van der Waals surface area contributed by atoms with Gasteiger partial charge in [0.25, 0.3) is 0 Å². The molecule has 1 saturated carbocycles. The van der Waals surface area contributed by atoms with Gasteiger partial charge in [-0.25, -0.2) is 4.79 Å². The summed E-state index contributed by atoms with van der Waals surface area (Å²) in [4.78, 5) is 13.0. The van der Waals surface area contributed by atoms with Crippen LogP contribution in [0.3, 0.4) is 0 Å². The number of ether oxygens (including phenoxy) is 1. The zero-order valence-corrected chi connectivity index (χ0v) is 13.7. The van der Waals surface area contributed by atoms with Crippen molar-refractivity contribution in [2.75, 3.05) is 13.7 Å². The number of alkyl halides is 1. The van der Waals surface area contributed by atoms with Crippen LogP contribution in [-0.2, 0) is 11.2 Å². The van der Waals surface area contributed by atoms with Gasteiger partial charge in [0.15, 0.2) is 0 Å². The average molecular weight is 319 g/mol. The van der Waals surface area contributed by atoms with Crippen LogP contribution in [0.2, 0.25) is 0 Å². The third-order valence-corrected chi connectivity index (χ3v) is 4.80. The second-order valence-corrected chi connectivity index (χ2v) is 6.75. The molecule has 0 amide bonds. The van der Waals surface area contributed by atoms with Crippen molar-refractivity contribution in [3.63, 3.8) is 0 Å². The largest absolute Gasteiger partial charge is 0.465 e. The minimum Gasteiger partial charge on any atom is -0.465 e. The smallest absolute Gasteiger partial charge is 0.348 e. The molecule has 1 aromatic heterocycles. The van der Waals surface area contributed by atoms with Gasteiger partial charge in [0, 0.05) is 16.9 Å². The maximum atomic E-state index is 11.0. The van der Waals surface area contributed by atoms with Crippen molar-refractivity contribution in [3.05, 3.63) is 21.9 Å². The molecule has 2 atom stereocenters. The molecular weight excluding hydrogens is 296 g/mol. The second-order valence-electron chi connectivity index (χ2n) is 4.97. The maximum Gasteiger partial charge on any atom is 0.348 e. The quantitative estimate of drug-likeness (QED) is 0.677. The first-order valence-corrected chi connectivity index (χ1v) is 8.27. The highest BCUT2D eigenvalue weighted by Crippen LogP contribution is 2.28. The lowest BCUT2D eigenvalue weighted by atomic mass is 10.1. The third-order valence-electron chi connectivity index (χ3n) is 3.28. The standard InChI is InChI=1S/C9H12O2S.C6H11ClO/c1-3-4-7-5-6-8(12-7)9(10)11-2;7-6-2-1-5(3-6)4-8/h5-6H,3-4H2,1-2H3;5-6,8H,1-4H2. The number of hydrogen-bond donors (Lipinski definition) is 1. The van der Waals surface area contributed by atoms with Gasteiger partial charge in [-0.3, -0.25) is 0 Å². The predicted molar refractivity (Wildman–Crippen MR) is 83.7 cm³/mol. The van der Waals surface area contributed by atoms with Crippen molar-refractivity contribution in [2.24, 2.45) is 5.92 Å². The molecule has 0 bridgehead atoms. The van der Waals surface area contributed by atoms with E-state index in [4.69, 9.17) is 16.7 Å². The van der Waals surface area contributed by atoms with E-state index in [2.05, 4.69) is 11.7 Å². The SMILES string of the molecule is CCCc1ccc(C(=O)OC)s1.OCC1CCC(Cl)C1. The number of methoxy groups -OCH3 is 1. The summed E-state index contributed by atoms with van der Waals surface area (Å²) >= 11 is 7.29. The molecule has 1 aliphatic carbocycles. The summed E-state index contributed by atoms with van der Waals surface area (Å²) in [6.45, 7) is 2.45. The Balaban J connectivity index is 0.000000217. The molecule has 5 heteroatoms. The lowest BCUT2D eigenvalue weighted by Crippen LogP contribution is -1.99. The number of esters is 1. The summed E-state index contributed by atoms with van der Waals surface area (Å²) in [5, 5.41) is 8.97. The van der Waals surface area contributed by atoms with Gasteiger partial charge in [0.2, 0.25) is 0 Å². The van der Waals surface area contributed by atoms with E-state index in [0.717, 1.165) is 32.1 Å². The lowest BCUT2D eigenvalue weighted by Gasteiger charge is -2.00. The number of aliphatic hydroxyl groups is 1. The van der Waals surface area contributed by atoms with Crippen molar-refractivity contribution in [1.82, 2.24) is 0 Å². The number of halogens is 1. The normalized spacial score (nSPS) is 21.2. The zero-order chi connectivity index (χ0) is 15.0. The number of hydrogen-bond acceptors (Lipinski definition) is 4. The fourth-order valence-electron chi connectivity index (χ4n) is 2.15. The molecule has 1 fully saturated rings. The van der Waals surface area contributed by atoms with E-state index in [1.807, 2.05) is 12.1 Å². The van der Waals surface area contributed by atoms with E-state index in [-0.39, 0.29) is 5.97 Å². The Hall–Kier alpha value is -0.580. The molecule has 1 aromatic rings. The average Bonchev–Trinajstić information content (AvgIpc) is 3.08. The number of aliphatic hydroxyl groups excluding tert-OH is 1. The van der Waals surface area contributed by atoms with Crippen LogP contribution in [0.15, 0.2) is 12.1 Å². The first-order chi connectivity index (χ1) is 9.60. The van der Waals surface area contributed by atoms with Crippen molar-refractivity contribution < 1.29 is 14.6 Å². The number of rotatable bonds is 4. The predicted octanol–water partition coefficient (Wildman–Crippen LogP) is 3.87. The summed E-state index contributed by atoms with van der Waals surface area (Å²) < 4.78 is 4.60. The van der Waals surface area contributed by atoms with Crippen LogP contribution in [0.1, 0.15) is 47.2 Å². The Bertz CT molecular complexity index is 406. The molecule has 0 saturated heterocycles. The van der Waals surface area contributed by atoms with Crippen LogP contribution < -0.4 is 0 Å². The summed E-state index contributed by atoms with van der Waals surface area (Å²) in [5.41, 5.74) is 0. The van der Waals surface area contributed by atoms with Gasteiger partial charge >= 0.3 is 5.97 Å². The van der Waals surface area contributed by atoms with Crippen LogP contribution in [0.4, 0.5) is 0 Å². The molecule has 2 unspecified atom stereocenters. The van der Waals surface area contributed by atoms with E-state index < -0.39 is 0 Å². The lowest BCUT2D eigenvalue weighted by molar-refractivity contribution is 0.0606. The van der Waals surface area contributed by atoms with E-state index in [1.54, 1.807) is 0 Å². The molecule has 0 aliphatic heterocycles. The van der Waals surface area contributed by atoms with Crippen LogP contribution >= 0.6 is 22.9 Å². The van der Waals surface area contributed by atoms with E-state index in [0.29, 0.717) is 22.8 Å². The van der Waals surface area contributed by atoms with E-state index in [9.17, 15) is 4.79 Å². The molecule has 3 nitrogen and oxygen atoms in total. The molecule has 0 radical (unpaired) electrons. The van der Waals surface area contributed by atoms with Gasteiger partial charge in [-0.05, 0) is 43.7 Å². The van der Waals surface area contributed by atoms with Gasteiger partial charge in [-0.15, -0.1) is 22.9 Å². The minimum atomic E-state index is -0.234. The topological polar surface area (TPSA) is 46.5 Å².